The smallest absolute Gasteiger partial charge is 0.179 e. The lowest BCUT2D eigenvalue weighted by molar-refractivity contribution is 0.408. The molecule has 6 heteroatoms. The van der Waals surface area contributed by atoms with Crippen molar-refractivity contribution in [2.24, 2.45) is 4.99 Å². The Bertz CT molecular complexity index is 581. The Balaban J connectivity index is 2.53. The van der Waals surface area contributed by atoms with Crippen LogP contribution in [0.3, 0.4) is 0 Å². The van der Waals surface area contributed by atoms with Crippen LogP contribution in [0.2, 0.25) is 5.15 Å². The van der Waals surface area contributed by atoms with Crippen LogP contribution in [0.1, 0.15) is 11.1 Å². The highest BCUT2D eigenvalue weighted by molar-refractivity contribution is 7.66. The predicted octanol–water partition coefficient (Wildman–Crippen LogP) is 3.72. The first kappa shape index (κ1) is 12.5. The van der Waals surface area contributed by atoms with Gasteiger partial charge in [0.15, 0.2) is 9.82 Å². The van der Waals surface area contributed by atoms with Gasteiger partial charge < -0.3 is 4.74 Å². The van der Waals surface area contributed by atoms with Crippen LogP contribution in [0.5, 0.6) is 5.75 Å². The van der Waals surface area contributed by atoms with E-state index < -0.39 is 0 Å². The maximum atomic E-state index is 5.92. The fraction of sp³-hybridized carbons (Fsp3) is 0.273. The van der Waals surface area contributed by atoms with Crippen molar-refractivity contribution in [2.45, 2.75) is 13.8 Å². The van der Waals surface area contributed by atoms with E-state index in [1.165, 1.54) is 20.9 Å². The van der Waals surface area contributed by atoms with Gasteiger partial charge in [-0.25, -0.2) is 4.99 Å². The van der Waals surface area contributed by atoms with Crippen LogP contribution in [0.4, 0.5) is 5.69 Å². The molecule has 0 amide bonds. The molecule has 0 aliphatic carbocycles. The first-order valence-electron chi connectivity index (χ1n) is 4.93. The van der Waals surface area contributed by atoms with Crippen molar-refractivity contribution in [3.05, 3.63) is 33.1 Å². The summed E-state index contributed by atoms with van der Waals surface area (Å²) >= 11 is 5.92. The predicted molar refractivity (Wildman–Crippen MR) is 72.7 cm³/mol. The minimum Gasteiger partial charge on any atom is -0.496 e. The number of halogens is 1. The van der Waals surface area contributed by atoms with Crippen LogP contribution in [0.25, 0.3) is 0 Å². The number of hydrogen-bond acceptors (Lipinski definition) is 5. The van der Waals surface area contributed by atoms with Crippen molar-refractivity contribution >= 4 is 38.2 Å². The molecular weight excluding hydrogens is 276 g/mol. The van der Waals surface area contributed by atoms with Gasteiger partial charge in [-0.05, 0) is 47.4 Å². The van der Waals surface area contributed by atoms with Crippen LogP contribution in [0, 0.1) is 13.8 Å². The van der Waals surface area contributed by atoms with Crippen LogP contribution >= 0.6 is 32.5 Å². The average Bonchev–Trinajstić information content (AvgIpc) is 2.64. The third kappa shape index (κ3) is 2.68. The van der Waals surface area contributed by atoms with Crippen molar-refractivity contribution < 1.29 is 4.74 Å². The average molecular weight is 287 g/mol. The van der Waals surface area contributed by atoms with Crippen LogP contribution < -0.4 is 9.41 Å². The summed E-state index contributed by atoms with van der Waals surface area (Å²) in [4.78, 5) is 4.48. The number of benzene rings is 1. The van der Waals surface area contributed by atoms with Gasteiger partial charge in [-0.2, -0.15) is 4.37 Å². The summed E-state index contributed by atoms with van der Waals surface area (Å²) in [5.41, 5.74) is 3.00. The van der Waals surface area contributed by atoms with Crippen molar-refractivity contribution in [3.8, 4) is 5.75 Å². The lowest BCUT2D eigenvalue weighted by Gasteiger charge is -2.08. The summed E-state index contributed by atoms with van der Waals surface area (Å²) in [6, 6.07) is 3.96. The fourth-order valence-corrected chi connectivity index (χ4v) is 3.65. The van der Waals surface area contributed by atoms with Crippen molar-refractivity contribution in [2.75, 3.05) is 7.11 Å². The Labute approximate surface area is 112 Å². The third-order valence-corrected chi connectivity index (χ3v) is 4.46. The van der Waals surface area contributed by atoms with E-state index in [4.69, 9.17) is 16.3 Å². The van der Waals surface area contributed by atoms with Crippen LogP contribution in [-0.4, -0.2) is 11.5 Å². The maximum absolute atomic E-state index is 5.92. The van der Waals surface area contributed by atoms with Gasteiger partial charge in [0.05, 0.1) is 12.8 Å². The number of hydrogen-bond donors (Lipinski definition) is 0. The molecule has 2 rings (SSSR count). The number of ether oxygens (including phenoxy) is 1. The van der Waals surface area contributed by atoms with E-state index in [9.17, 15) is 0 Å². The molecular formula is C11H11ClN2OS2. The van der Waals surface area contributed by atoms with E-state index >= 15 is 0 Å². The molecule has 90 valence electrons. The normalized spacial score (nSPS) is 11.9. The second-order valence-corrected chi connectivity index (χ2v) is 5.76. The number of rotatable bonds is 2. The fourth-order valence-electron chi connectivity index (χ4n) is 1.66. The Morgan fingerprint density at radius 3 is 2.41 bits per heavy atom. The number of aryl methyl sites for hydroxylation is 2. The summed E-state index contributed by atoms with van der Waals surface area (Å²) in [5, 5.41) is 0.464. The quantitative estimate of drug-likeness (QED) is 0.789. The van der Waals surface area contributed by atoms with E-state index in [-0.39, 0.29) is 0 Å². The SMILES string of the molecule is COc1c(C)cc(N=c2ssnc2Cl)cc1C. The monoisotopic (exact) mass is 286 g/mol. The number of methoxy groups -OCH3 is 1. The highest BCUT2D eigenvalue weighted by atomic mass is 35.5. The molecule has 17 heavy (non-hydrogen) atoms. The Morgan fingerprint density at radius 2 is 1.94 bits per heavy atom. The molecule has 0 unspecified atom stereocenters. The summed E-state index contributed by atoms with van der Waals surface area (Å²) in [5.74, 6) is 0.905. The Hall–Kier alpha value is -0.910. The van der Waals surface area contributed by atoms with Gasteiger partial charge in [-0.1, -0.05) is 11.6 Å². The van der Waals surface area contributed by atoms with E-state index in [1.54, 1.807) is 7.11 Å². The van der Waals surface area contributed by atoms with Crippen LogP contribution in [0.15, 0.2) is 17.1 Å². The third-order valence-electron chi connectivity index (χ3n) is 2.29. The summed E-state index contributed by atoms with van der Waals surface area (Å²) in [6.07, 6.45) is 0. The lowest BCUT2D eigenvalue weighted by atomic mass is 10.1. The van der Waals surface area contributed by atoms with Gasteiger partial charge in [0, 0.05) is 10.5 Å². The van der Waals surface area contributed by atoms with E-state index in [0.29, 0.717) is 5.15 Å². The Morgan fingerprint density at radius 1 is 1.29 bits per heavy atom. The molecule has 2 aromatic rings. The number of nitrogens with zero attached hydrogens (tertiary/aromatic N) is 2. The molecule has 1 aromatic heterocycles. The highest BCUT2D eigenvalue weighted by Crippen LogP contribution is 2.28. The maximum Gasteiger partial charge on any atom is 0.179 e. The molecule has 0 spiro atoms. The molecule has 0 fully saturated rings. The van der Waals surface area contributed by atoms with Gasteiger partial charge in [0.2, 0.25) is 0 Å². The van der Waals surface area contributed by atoms with Crippen LogP contribution in [-0.2, 0) is 0 Å². The lowest BCUT2D eigenvalue weighted by Crippen LogP contribution is -1.94. The zero-order chi connectivity index (χ0) is 12.4. The molecule has 0 radical (unpaired) electrons. The van der Waals surface area contributed by atoms with Gasteiger partial charge in [0.25, 0.3) is 0 Å². The summed E-state index contributed by atoms with van der Waals surface area (Å²) in [7, 11) is 4.48. The summed E-state index contributed by atoms with van der Waals surface area (Å²) < 4.78 is 10.1. The van der Waals surface area contributed by atoms with Crippen molar-refractivity contribution in [1.29, 1.82) is 0 Å². The molecule has 0 saturated heterocycles. The molecule has 3 nitrogen and oxygen atoms in total. The van der Waals surface area contributed by atoms with Gasteiger partial charge in [-0.15, -0.1) is 0 Å². The molecule has 0 bridgehead atoms. The number of aromatic nitrogens is 1. The molecule has 1 heterocycles. The van der Waals surface area contributed by atoms with E-state index in [0.717, 1.165) is 27.2 Å². The Kier molecular flexibility index (Phi) is 3.81. The second kappa shape index (κ2) is 5.16. The topological polar surface area (TPSA) is 34.5 Å². The molecule has 0 N–H and O–H groups in total. The molecule has 1 aromatic carbocycles. The standard InChI is InChI=1S/C11H11ClN2OS2/c1-6-4-8(5-7(2)9(6)15-3)13-11-10(12)14-17-16-11/h4-5H,1-3H3. The van der Waals surface area contributed by atoms with Gasteiger partial charge in [-0.3, -0.25) is 0 Å². The minimum absolute atomic E-state index is 0.464. The van der Waals surface area contributed by atoms with Gasteiger partial charge >= 0.3 is 0 Å². The second-order valence-electron chi connectivity index (χ2n) is 3.57. The molecule has 0 aliphatic heterocycles. The zero-order valence-electron chi connectivity index (χ0n) is 9.65. The summed E-state index contributed by atoms with van der Waals surface area (Å²) in [6.45, 7) is 4.00. The van der Waals surface area contributed by atoms with Crippen molar-refractivity contribution in [1.82, 2.24) is 4.37 Å². The zero-order valence-corrected chi connectivity index (χ0v) is 12.0. The largest absolute Gasteiger partial charge is 0.496 e. The van der Waals surface area contributed by atoms with Crippen molar-refractivity contribution in [3.63, 3.8) is 0 Å². The van der Waals surface area contributed by atoms with E-state index in [2.05, 4.69) is 9.37 Å². The molecule has 0 aliphatic rings. The molecule has 0 atom stereocenters. The first-order valence-corrected chi connectivity index (χ1v) is 7.41. The highest BCUT2D eigenvalue weighted by Gasteiger charge is 2.05. The van der Waals surface area contributed by atoms with Gasteiger partial charge in [0.1, 0.15) is 5.75 Å². The van der Waals surface area contributed by atoms with E-state index in [1.807, 2.05) is 26.0 Å². The first-order chi connectivity index (χ1) is 8.11. The minimum atomic E-state index is 0.464. The molecule has 0 saturated carbocycles.